The van der Waals surface area contributed by atoms with Gasteiger partial charge in [0.25, 0.3) is 0 Å². The number of nitrogens with zero attached hydrogens (tertiary/aromatic N) is 3. The summed E-state index contributed by atoms with van der Waals surface area (Å²) in [5.74, 6) is -2.01. The molecule has 0 N–H and O–H groups in total. The fraction of sp³-hybridized carbons (Fsp3) is 0.333. The van der Waals surface area contributed by atoms with Crippen LogP contribution in [0.4, 0.5) is 23.5 Å². The number of aromatic nitrogens is 2. The summed E-state index contributed by atoms with van der Waals surface area (Å²) in [6, 6.07) is 4.16. The molecule has 0 aliphatic heterocycles. The molecule has 146 valence electrons. The Balaban J connectivity index is 2.00. The molecule has 0 fully saturated rings. The zero-order valence-corrected chi connectivity index (χ0v) is 13.8. The van der Waals surface area contributed by atoms with Crippen molar-refractivity contribution in [1.29, 1.82) is 0 Å². The van der Waals surface area contributed by atoms with Crippen molar-refractivity contribution in [2.24, 2.45) is 0 Å². The zero-order chi connectivity index (χ0) is 20.2. The predicted octanol–water partition coefficient (Wildman–Crippen LogP) is 3.19. The monoisotopic (exact) mass is 391 g/mol. The Bertz CT molecular complexity index is 841. The van der Waals surface area contributed by atoms with Crippen molar-refractivity contribution < 1.29 is 36.8 Å². The van der Waals surface area contributed by atoms with Crippen molar-refractivity contribution in [3.8, 4) is 5.75 Å². The first-order valence-corrected chi connectivity index (χ1v) is 7.40. The van der Waals surface area contributed by atoms with E-state index in [1.165, 1.54) is 16.8 Å². The van der Waals surface area contributed by atoms with Crippen molar-refractivity contribution in [2.45, 2.75) is 26.0 Å². The fourth-order valence-electron chi connectivity index (χ4n) is 2.07. The summed E-state index contributed by atoms with van der Waals surface area (Å²) >= 11 is 0. The lowest BCUT2D eigenvalue weighted by Gasteiger charge is -2.17. The average molecular weight is 391 g/mol. The molecule has 0 bridgehead atoms. The van der Waals surface area contributed by atoms with E-state index in [1.807, 2.05) is 0 Å². The van der Waals surface area contributed by atoms with Gasteiger partial charge in [0.05, 0.1) is 5.56 Å². The molecule has 2 rings (SSSR count). The number of imidazole rings is 1. The molecule has 0 unspecified atom stereocenters. The molecule has 12 heteroatoms. The topological polar surface area (TPSA) is 96.5 Å². The van der Waals surface area contributed by atoms with Gasteiger partial charge in [0.15, 0.2) is 0 Å². The number of halogens is 4. The normalized spacial score (nSPS) is 11.5. The molecular formula is C15H13F4N3O5. The Kier molecular flexibility index (Phi) is 5.98. The van der Waals surface area contributed by atoms with Gasteiger partial charge >= 0.3 is 24.5 Å². The third kappa shape index (κ3) is 4.92. The van der Waals surface area contributed by atoms with Crippen LogP contribution in [0.1, 0.15) is 16.1 Å². The summed E-state index contributed by atoms with van der Waals surface area (Å²) in [4.78, 5) is 25.7. The van der Waals surface area contributed by atoms with Gasteiger partial charge in [-0.25, -0.2) is 9.36 Å². The quantitative estimate of drug-likeness (QED) is 0.297. The van der Waals surface area contributed by atoms with Crippen molar-refractivity contribution >= 4 is 11.9 Å². The van der Waals surface area contributed by atoms with E-state index >= 15 is 0 Å². The number of aryl methyl sites for hydroxylation is 1. The molecule has 0 radical (unpaired) electrons. The van der Waals surface area contributed by atoms with E-state index in [0.29, 0.717) is 5.69 Å². The lowest BCUT2D eigenvalue weighted by atomic mass is 10.2. The third-order valence-corrected chi connectivity index (χ3v) is 3.32. The highest BCUT2D eigenvalue weighted by atomic mass is 19.3. The highest BCUT2D eigenvalue weighted by molar-refractivity contribution is 5.89. The lowest BCUT2D eigenvalue weighted by Crippen LogP contribution is -2.33. The number of alkyl halides is 4. The predicted molar refractivity (Wildman–Crippen MR) is 81.9 cm³/mol. The van der Waals surface area contributed by atoms with Gasteiger partial charge in [0.1, 0.15) is 30.8 Å². The van der Waals surface area contributed by atoms with Crippen LogP contribution in [-0.4, -0.2) is 39.6 Å². The zero-order valence-electron chi connectivity index (χ0n) is 13.8. The SMILES string of the molecule is Cc1cnc([N+](=O)[O-])n1CCOC(=O)c1cccc(OC(F)(F)C(F)F)c1. The molecular weight excluding hydrogens is 378 g/mol. The number of carbonyl (C=O) groups is 1. The Labute approximate surface area is 149 Å². The van der Waals surface area contributed by atoms with E-state index in [2.05, 4.69) is 9.72 Å². The van der Waals surface area contributed by atoms with Crippen molar-refractivity contribution in [2.75, 3.05) is 6.61 Å². The van der Waals surface area contributed by atoms with E-state index in [0.717, 1.165) is 18.2 Å². The van der Waals surface area contributed by atoms with Crippen LogP contribution in [0.15, 0.2) is 30.5 Å². The molecule has 0 saturated carbocycles. The van der Waals surface area contributed by atoms with Crippen LogP contribution < -0.4 is 4.74 Å². The van der Waals surface area contributed by atoms with Gasteiger partial charge in [-0.05, 0) is 30.0 Å². The van der Waals surface area contributed by atoms with Gasteiger partial charge < -0.3 is 19.6 Å². The van der Waals surface area contributed by atoms with Crippen molar-refractivity contribution in [3.63, 3.8) is 0 Å². The lowest BCUT2D eigenvalue weighted by molar-refractivity contribution is -0.396. The maximum atomic E-state index is 12.9. The second-order valence-electron chi connectivity index (χ2n) is 5.24. The van der Waals surface area contributed by atoms with Crippen LogP contribution in [0.3, 0.4) is 0 Å². The average Bonchev–Trinajstić information content (AvgIpc) is 2.95. The third-order valence-electron chi connectivity index (χ3n) is 3.32. The number of benzene rings is 1. The highest BCUT2D eigenvalue weighted by Crippen LogP contribution is 2.28. The van der Waals surface area contributed by atoms with Gasteiger partial charge in [-0.1, -0.05) is 11.1 Å². The minimum atomic E-state index is -4.71. The van der Waals surface area contributed by atoms with Crippen LogP contribution in [-0.2, 0) is 11.3 Å². The van der Waals surface area contributed by atoms with E-state index in [1.54, 1.807) is 6.92 Å². The minimum absolute atomic E-state index is 0.0620. The Morgan fingerprint density at radius 2 is 2.11 bits per heavy atom. The Morgan fingerprint density at radius 1 is 1.41 bits per heavy atom. The highest BCUT2D eigenvalue weighted by Gasteiger charge is 2.44. The maximum absolute atomic E-state index is 12.9. The van der Waals surface area contributed by atoms with Crippen molar-refractivity contribution in [3.05, 3.63) is 51.8 Å². The number of nitro groups is 1. The number of hydrogen-bond acceptors (Lipinski definition) is 6. The minimum Gasteiger partial charge on any atom is -0.459 e. The van der Waals surface area contributed by atoms with Crippen LogP contribution in [0.5, 0.6) is 5.75 Å². The molecule has 0 saturated heterocycles. The molecule has 0 atom stereocenters. The largest absolute Gasteiger partial charge is 0.461 e. The molecule has 2 aromatic rings. The molecule has 0 amide bonds. The van der Waals surface area contributed by atoms with Crippen LogP contribution in [0.25, 0.3) is 0 Å². The molecule has 1 heterocycles. The maximum Gasteiger partial charge on any atom is 0.461 e. The van der Waals surface area contributed by atoms with E-state index < -0.39 is 35.1 Å². The summed E-state index contributed by atoms with van der Waals surface area (Å²) in [6.45, 7) is 1.24. The number of esters is 1. The summed E-state index contributed by atoms with van der Waals surface area (Å²) in [7, 11) is 0. The van der Waals surface area contributed by atoms with E-state index in [4.69, 9.17) is 4.74 Å². The molecule has 0 aliphatic carbocycles. The van der Waals surface area contributed by atoms with Crippen molar-refractivity contribution in [1.82, 2.24) is 9.55 Å². The van der Waals surface area contributed by atoms with Crippen LogP contribution >= 0.6 is 0 Å². The smallest absolute Gasteiger partial charge is 0.459 e. The molecule has 0 spiro atoms. The Hall–Kier alpha value is -3.18. The van der Waals surface area contributed by atoms with Gasteiger partial charge in [-0.3, -0.25) is 0 Å². The van der Waals surface area contributed by atoms with E-state index in [9.17, 15) is 32.5 Å². The standard InChI is InChI=1S/C15H13F4N3O5/c1-9-8-20-14(22(24)25)21(9)5-6-26-12(23)10-3-2-4-11(7-10)27-15(18,19)13(16)17/h2-4,7-8,13H,5-6H2,1H3. The first-order valence-electron chi connectivity index (χ1n) is 7.40. The van der Waals surface area contributed by atoms with Crippen LogP contribution in [0, 0.1) is 17.0 Å². The Morgan fingerprint density at radius 3 is 2.74 bits per heavy atom. The summed E-state index contributed by atoms with van der Waals surface area (Å²) in [6.07, 6.45) is -7.47. The number of rotatable bonds is 8. The molecule has 1 aromatic heterocycles. The fourth-order valence-corrected chi connectivity index (χ4v) is 2.07. The molecule has 8 nitrogen and oxygen atoms in total. The van der Waals surface area contributed by atoms with Gasteiger partial charge in [0, 0.05) is 0 Å². The molecule has 0 aliphatic rings. The van der Waals surface area contributed by atoms with Gasteiger partial charge in [-0.15, -0.1) is 0 Å². The summed E-state index contributed by atoms with van der Waals surface area (Å²) in [5.41, 5.74) is 0.261. The van der Waals surface area contributed by atoms with E-state index in [-0.39, 0.29) is 18.7 Å². The summed E-state index contributed by atoms with van der Waals surface area (Å²) < 4.78 is 60.2. The molecule has 27 heavy (non-hydrogen) atoms. The first kappa shape index (κ1) is 20.1. The number of hydrogen-bond donors (Lipinski definition) is 0. The summed E-state index contributed by atoms with van der Waals surface area (Å²) in [5, 5.41) is 10.8. The number of ether oxygens (including phenoxy) is 2. The van der Waals surface area contributed by atoms with Crippen LogP contribution in [0.2, 0.25) is 0 Å². The second-order valence-corrected chi connectivity index (χ2v) is 5.24. The number of carbonyl (C=O) groups excluding carboxylic acids is 1. The first-order chi connectivity index (χ1) is 12.6. The van der Waals surface area contributed by atoms with Gasteiger partial charge in [-0.2, -0.15) is 17.6 Å². The molecule has 1 aromatic carbocycles. The second kappa shape index (κ2) is 8.01. The van der Waals surface area contributed by atoms with Gasteiger partial charge in [0.2, 0.25) is 0 Å².